The van der Waals surface area contributed by atoms with Crippen LogP contribution in [0.5, 0.6) is 0 Å². The number of aromatic nitrogens is 3. The van der Waals surface area contributed by atoms with Gasteiger partial charge >= 0.3 is 5.97 Å². The number of fused-ring (bicyclic) bond motifs is 1. The highest BCUT2D eigenvalue weighted by Gasteiger charge is 2.27. The van der Waals surface area contributed by atoms with Gasteiger partial charge in [0.15, 0.2) is 0 Å². The number of pyridine rings is 2. The molecule has 1 aliphatic rings. The molecular formula is C23H30N6O2. The molecule has 164 valence electrons. The minimum absolute atomic E-state index is 0.318. The minimum atomic E-state index is -0.918. The van der Waals surface area contributed by atoms with Gasteiger partial charge in [0, 0.05) is 44.0 Å². The number of nitrogens with zero attached hydrogens (tertiary/aromatic N) is 5. The molecule has 0 amide bonds. The second kappa shape index (κ2) is 8.55. The molecule has 0 bridgehead atoms. The molecule has 0 radical (unpaired) electrons. The maximum atomic E-state index is 12.1. The molecule has 0 unspecified atom stereocenters. The third-order valence-corrected chi connectivity index (χ3v) is 6.12. The normalized spacial score (nSPS) is 14.7. The van der Waals surface area contributed by atoms with Crippen LogP contribution in [0, 0.1) is 6.92 Å². The fourth-order valence-corrected chi connectivity index (χ4v) is 4.52. The van der Waals surface area contributed by atoms with E-state index in [2.05, 4.69) is 26.5 Å². The Labute approximate surface area is 182 Å². The number of carboxylic acid groups (broad SMARTS) is 1. The summed E-state index contributed by atoms with van der Waals surface area (Å²) in [6.07, 6.45) is 5.64. The number of piperidine rings is 1. The number of carboxylic acids is 1. The van der Waals surface area contributed by atoms with Gasteiger partial charge in [-0.1, -0.05) is 0 Å². The Morgan fingerprint density at radius 1 is 1.26 bits per heavy atom. The van der Waals surface area contributed by atoms with Crippen LogP contribution in [0.1, 0.15) is 35.7 Å². The summed E-state index contributed by atoms with van der Waals surface area (Å²) in [4.78, 5) is 25.5. The highest BCUT2D eigenvalue weighted by molar-refractivity contribution is 5.95. The van der Waals surface area contributed by atoms with Gasteiger partial charge in [-0.05, 0) is 58.0 Å². The molecule has 0 aliphatic carbocycles. The zero-order valence-electron chi connectivity index (χ0n) is 18.6. The van der Waals surface area contributed by atoms with Crippen LogP contribution < -0.4 is 15.1 Å². The van der Waals surface area contributed by atoms with Gasteiger partial charge in [-0.3, -0.25) is 4.40 Å². The Kier molecular flexibility index (Phi) is 5.82. The van der Waals surface area contributed by atoms with E-state index in [1.54, 1.807) is 12.3 Å². The zero-order chi connectivity index (χ0) is 22.1. The van der Waals surface area contributed by atoms with Crippen molar-refractivity contribution in [2.75, 3.05) is 43.5 Å². The number of aromatic carboxylic acids is 1. The smallest absolute Gasteiger partial charge is 0.336 e. The summed E-state index contributed by atoms with van der Waals surface area (Å²) in [7, 11) is 3.89. The summed E-state index contributed by atoms with van der Waals surface area (Å²) in [6, 6.07) is 6.01. The lowest BCUT2D eigenvalue weighted by molar-refractivity contribution is 0.0696. The van der Waals surface area contributed by atoms with Crippen LogP contribution in [0.3, 0.4) is 0 Å². The fraction of sp³-hybridized carbons (Fsp3) is 0.435. The predicted octanol–water partition coefficient (Wildman–Crippen LogP) is 3.05. The lowest BCUT2D eigenvalue weighted by Gasteiger charge is -2.37. The predicted molar refractivity (Wildman–Crippen MR) is 123 cm³/mol. The van der Waals surface area contributed by atoms with Crippen molar-refractivity contribution in [3.8, 4) is 11.3 Å². The Balaban J connectivity index is 1.93. The molecule has 0 atom stereocenters. The molecular weight excluding hydrogens is 392 g/mol. The summed E-state index contributed by atoms with van der Waals surface area (Å²) >= 11 is 0. The van der Waals surface area contributed by atoms with Crippen molar-refractivity contribution in [1.29, 1.82) is 0 Å². The highest BCUT2D eigenvalue weighted by atomic mass is 16.4. The molecule has 0 saturated carbocycles. The van der Waals surface area contributed by atoms with Gasteiger partial charge < -0.3 is 20.2 Å². The number of rotatable bonds is 6. The summed E-state index contributed by atoms with van der Waals surface area (Å²) in [5, 5.41) is 13.4. The molecule has 4 rings (SSSR count). The first-order valence-corrected chi connectivity index (χ1v) is 10.8. The summed E-state index contributed by atoms with van der Waals surface area (Å²) < 4.78 is 2.05. The van der Waals surface area contributed by atoms with Crippen molar-refractivity contribution in [3.63, 3.8) is 0 Å². The SMILES string of the molecule is CCN(c1c(C)c(C(=O)O)cc2c(-c3ccnc(N(C)C)c3)ncn12)C1CCNCC1. The van der Waals surface area contributed by atoms with Crippen LogP contribution in [0.25, 0.3) is 16.8 Å². The molecule has 1 fully saturated rings. The van der Waals surface area contributed by atoms with Crippen molar-refractivity contribution in [3.05, 3.63) is 41.9 Å². The fourth-order valence-electron chi connectivity index (χ4n) is 4.52. The van der Waals surface area contributed by atoms with E-state index in [1.165, 1.54) is 0 Å². The Morgan fingerprint density at radius 2 is 2.00 bits per heavy atom. The number of hydrogen-bond acceptors (Lipinski definition) is 6. The molecule has 31 heavy (non-hydrogen) atoms. The first-order valence-electron chi connectivity index (χ1n) is 10.8. The van der Waals surface area contributed by atoms with Gasteiger partial charge in [0.1, 0.15) is 18.0 Å². The van der Waals surface area contributed by atoms with Crippen molar-refractivity contribution < 1.29 is 9.90 Å². The third-order valence-electron chi connectivity index (χ3n) is 6.12. The van der Waals surface area contributed by atoms with Crippen molar-refractivity contribution in [2.45, 2.75) is 32.7 Å². The van der Waals surface area contributed by atoms with Crippen LogP contribution in [-0.4, -0.2) is 65.2 Å². The summed E-state index contributed by atoms with van der Waals surface area (Å²) in [5.41, 5.74) is 3.56. The molecule has 3 aromatic rings. The maximum absolute atomic E-state index is 12.1. The van der Waals surface area contributed by atoms with Gasteiger partial charge in [0.05, 0.1) is 16.8 Å². The number of hydrogen-bond donors (Lipinski definition) is 2. The van der Waals surface area contributed by atoms with Gasteiger partial charge in [0.25, 0.3) is 0 Å². The number of carbonyl (C=O) groups is 1. The van der Waals surface area contributed by atoms with E-state index in [0.717, 1.165) is 66.4 Å². The molecule has 3 aromatic heterocycles. The quantitative estimate of drug-likeness (QED) is 0.631. The van der Waals surface area contributed by atoms with E-state index in [0.29, 0.717) is 11.6 Å². The second-order valence-corrected chi connectivity index (χ2v) is 8.22. The number of nitrogens with one attached hydrogen (secondary N) is 1. The van der Waals surface area contributed by atoms with E-state index in [4.69, 9.17) is 4.98 Å². The van der Waals surface area contributed by atoms with Crippen molar-refractivity contribution in [2.24, 2.45) is 0 Å². The van der Waals surface area contributed by atoms with E-state index < -0.39 is 5.97 Å². The maximum Gasteiger partial charge on any atom is 0.336 e. The minimum Gasteiger partial charge on any atom is -0.478 e. The van der Waals surface area contributed by atoms with Gasteiger partial charge in [-0.15, -0.1) is 0 Å². The van der Waals surface area contributed by atoms with Crippen LogP contribution in [0.15, 0.2) is 30.7 Å². The van der Waals surface area contributed by atoms with Crippen LogP contribution in [0.4, 0.5) is 11.6 Å². The largest absolute Gasteiger partial charge is 0.478 e. The average molecular weight is 423 g/mol. The van der Waals surface area contributed by atoms with Crippen LogP contribution >= 0.6 is 0 Å². The summed E-state index contributed by atoms with van der Waals surface area (Å²) in [5.74, 6) is 0.831. The lowest BCUT2D eigenvalue weighted by atomic mass is 10.0. The van der Waals surface area contributed by atoms with Crippen LogP contribution in [0.2, 0.25) is 0 Å². The first-order chi connectivity index (χ1) is 14.9. The highest BCUT2D eigenvalue weighted by Crippen LogP contribution is 2.34. The van der Waals surface area contributed by atoms with E-state index in [1.807, 2.05) is 44.4 Å². The van der Waals surface area contributed by atoms with Crippen LogP contribution in [-0.2, 0) is 0 Å². The van der Waals surface area contributed by atoms with Crippen molar-refractivity contribution >= 4 is 23.1 Å². The van der Waals surface area contributed by atoms with E-state index in [9.17, 15) is 9.90 Å². The second-order valence-electron chi connectivity index (χ2n) is 8.22. The Bertz CT molecular complexity index is 1100. The van der Waals surface area contributed by atoms with E-state index >= 15 is 0 Å². The first kappa shape index (κ1) is 21.1. The summed E-state index contributed by atoms with van der Waals surface area (Å²) in [6.45, 7) is 6.78. The van der Waals surface area contributed by atoms with E-state index in [-0.39, 0.29) is 0 Å². The Hall–Kier alpha value is -3.13. The molecule has 0 aromatic carbocycles. The average Bonchev–Trinajstić information content (AvgIpc) is 3.19. The number of imidazole rings is 1. The Morgan fingerprint density at radius 3 is 2.65 bits per heavy atom. The zero-order valence-corrected chi connectivity index (χ0v) is 18.6. The topological polar surface area (TPSA) is 86.0 Å². The standard InChI is InChI=1S/C23H30N6O2/c1-5-28(17-7-9-24-10-8-17)22-15(2)18(23(30)31)13-19-21(26-14-29(19)22)16-6-11-25-20(12-16)27(3)4/h6,11-14,17,24H,5,7-10H2,1-4H3,(H,30,31). The van der Waals surface area contributed by atoms with Crippen molar-refractivity contribution in [1.82, 2.24) is 19.7 Å². The molecule has 0 spiro atoms. The van der Waals surface area contributed by atoms with Gasteiger partial charge in [-0.2, -0.15) is 0 Å². The third kappa shape index (κ3) is 3.83. The number of anilines is 2. The molecule has 8 heteroatoms. The van der Waals surface area contributed by atoms with Gasteiger partial charge in [0.2, 0.25) is 0 Å². The van der Waals surface area contributed by atoms with Gasteiger partial charge in [-0.25, -0.2) is 14.8 Å². The monoisotopic (exact) mass is 422 g/mol. The molecule has 8 nitrogen and oxygen atoms in total. The molecule has 4 heterocycles. The molecule has 1 aliphatic heterocycles. The molecule has 2 N–H and O–H groups in total. The lowest BCUT2D eigenvalue weighted by Crippen LogP contribution is -2.44. The molecule has 1 saturated heterocycles.